The molecule has 1 N–H and O–H groups in total. The summed E-state index contributed by atoms with van der Waals surface area (Å²) >= 11 is 0. The molecule has 0 spiro atoms. The summed E-state index contributed by atoms with van der Waals surface area (Å²) in [6.07, 6.45) is 8.20. The average Bonchev–Trinajstić information content (AvgIpc) is 2.76. The molecule has 1 aliphatic carbocycles. The van der Waals surface area contributed by atoms with Crippen LogP contribution in [0.15, 0.2) is 12.4 Å². The van der Waals surface area contributed by atoms with Gasteiger partial charge in [-0.1, -0.05) is 27.7 Å². The zero-order chi connectivity index (χ0) is 13.8. The van der Waals surface area contributed by atoms with E-state index in [4.69, 9.17) is 0 Å². The topological polar surface area (TPSA) is 29.9 Å². The van der Waals surface area contributed by atoms with E-state index in [1.54, 1.807) is 0 Å². The van der Waals surface area contributed by atoms with Crippen molar-refractivity contribution in [3.05, 3.63) is 18.0 Å². The van der Waals surface area contributed by atoms with Crippen LogP contribution in [-0.2, 0) is 6.54 Å². The molecule has 0 aromatic carbocycles. The molecule has 3 heteroatoms. The minimum absolute atomic E-state index is 0.609. The van der Waals surface area contributed by atoms with Crippen LogP contribution in [0.5, 0.6) is 0 Å². The van der Waals surface area contributed by atoms with Crippen LogP contribution >= 0.6 is 0 Å². The molecular weight excluding hydrogens is 234 g/mol. The van der Waals surface area contributed by atoms with Gasteiger partial charge in [-0.3, -0.25) is 4.68 Å². The Balaban J connectivity index is 1.89. The molecule has 1 heterocycles. The van der Waals surface area contributed by atoms with Crippen molar-refractivity contribution in [1.82, 2.24) is 15.1 Å². The van der Waals surface area contributed by atoms with Gasteiger partial charge in [-0.05, 0) is 43.6 Å². The molecule has 1 saturated carbocycles. The van der Waals surface area contributed by atoms with Crippen LogP contribution in [-0.4, -0.2) is 16.3 Å². The molecule has 0 bridgehead atoms. The van der Waals surface area contributed by atoms with Crippen molar-refractivity contribution in [2.45, 2.75) is 59.5 Å². The molecule has 19 heavy (non-hydrogen) atoms. The van der Waals surface area contributed by atoms with Crippen molar-refractivity contribution in [1.29, 1.82) is 0 Å². The van der Waals surface area contributed by atoms with Gasteiger partial charge in [-0.25, -0.2) is 0 Å². The summed E-state index contributed by atoms with van der Waals surface area (Å²) in [4.78, 5) is 0. The minimum atomic E-state index is 0.609. The van der Waals surface area contributed by atoms with Gasteiger partial charge in [0.1, 0.15) is 0 Å². The van der Waals surface area contributed by atoms with Gasteiger partial charge in [-0.2, -0.15) is 5.10 Å². The highest BCUT2D eigenvalue weighted by Gasteiger charge is 2.25. The summed E-state index contributed by atoms with van der Waals surface area (Å²) in [6.45, 7) is 11.2. The van der Waals surface area contributed by atoms with Crippen LogP contribution < -0.4 is 5.32 Å². The Kier molecular flexibility index (Phi) is 5.03. The highest BCUT2D eigenvalue weighted by molar-refractivity contribution is 5.04. The van der Waals surface area contributed by atoms with E-state index in [1.807, 2.05) is 6.20 Å². The van der Waals surface area contributed by atoms with Gasteiger partial charge in [0.05, 0.1) is 12.2 Å². The molecule has 3 nitrogen and oxygen atoms in total. The molecule has 0 amide bonds. The van der Waals surface area contributed by atoms with E-state index in [-0.39, 0.29) is 0 Å². The first-order valence-corrected chi connectivity index (χ1v) is 7.78. The summed E-state index contributed by atoms with van der Waals surface area (Å²) in [5.41, 5.74) is 1.31. The maximum absolute atomic E-state index is 4.58. The first-order valence-electron chi connectivity index (χ1n) is 7.78. The summed E-state index contributed by atoms with van der Waals surface area (Å²) < 4.78 is 2.21. The fraction of sp³-hybridized carbons (Fsp3) is 0.812. The third kappa shape index (κ3) is 4.34. The Morgan fingerprint density at radius 2 is 1.95 bits per heavy atom. The van der Waals surface area contributed by atoms with Crippen molar-refractivity contribution < 1.29 is 0 Å². The largest absolute Gasteiger partial charge is 0.312 e. The van der Waals surface area contributed by atoms with Crippen LogP contribution in [0.4, 0.5) is 0 Å². The zero-order valence-electron chi connectivity index (χ0n) is 12.9. The molecule has 2 atom stereocenters. The molecule has 108 valence electrons. The summed E-state index contributed by atoms with van der Waals surface area (Å²) in [5.74, 6) is 2.37. The summed E-state index contributed by atoms with van der Waals surface area (Å²) in [6, 6.07) is 0.609. The van der Waals surface area contributed by atoms with Crippen LogP contribution in [0.3, 0.4) is 0 Å². The number of nitrogens with one attached hydrogen (secondary N) is 1. The molecular formula is C16H29N3. The Morgan fingerprint density at radius 3 is 2.58 bits per heavy atom. The van der Waals surface area contributed by atoms with E-state index in [0.717, 1.165) is 24.9 Å². The second kappa shape index (κ2) is 6.56. The lowest BCUT2D eigenvalue weighted by molar-refractivity contribution is 0.210. The highest BCUT2D eigenvalue weighted by Crippen LogP contribution is 2.35. The van der Waals surface area contributed by atoms with Crippen molar-refractivity contribution in [2.75, 3.05) is 6.54 Å². The Bertz CT molecular complexity index is 373. The van der Waals surface area contributed by atoms with Crippen LogP contribution in [0.1, 0.15) is 58.6 Å². The SMILES string of the molecule is CC(C)CNCc1cnn(C2CC(C)CC(C)C2)c1. The van der Waals surface area contributed by atoms with Crippen LogP contribution in [0, 0.1) is 17.8 Å². The number of hydrogen-bond donors (Lipinski definition) is 1. The fourth-order valence-electron chi connectivity index (χ4n) is 3.29. The van der Waals surface area contributed by atoms with Gasteiger partial charge < -0.3 is 5.32 Å². The van der Waals surface area contributed by atoms with E-state index >= 15 is 0 Å². The van der Waals surface area contributed by atoms with Gasteiger partial charge in [0, 0.05) is 18.3 Å². The maximum Gasteiger partial charge on any atom is 0.0534 e. The lowest BCUT2D eigenvalue weighted by Crippen LogP contribution is -2.23. The van der Waals surface area contributed by atoms with Crippen molar-refractivity contribution in [2.24, 2.45) is 17.8 Å². The Labute approximate surface area is 117 Å². The van der Waals surface area contributed by atoms with Crippen molar-refractivity contribution in [3.8, 4) is 0 Å². The zero-order valence-corrected chi connectivity index (χ0v) is 12.9. The van der Waals surface area contributed by atoms with Crippen molar-refractivity contribution in [3.63, 3.8) is 0 Å². The van der Waals surface area contributed by atoms with E-state index in [1.165, 1.54) is 24.8 Å². The normalized spacial score (nSPS) is 27.9. The van der Waals surface area contributed by atoms with E-state index in [2.05, 4.69) is 49.0 Å². The predicted octanol–water partition coefficient (Wildman–Crippen LogP) is 3.63. The smallest absolute Gasteiger partial charge is 0.0534 e. The second-order valence-electron chi connectivity index (χ2n) is 6.92. The van der Waals surface area contributed by atoms with E-state index in [9.17, 15) is 0 Å². The third-order valence-corrected chi connectivity index (χ3v) is 4.06. The number of aromatic nitrogens is 2. The van der Waals surface area contributed by atoms with Gasteiger partial charge in [0.15, 0.2) is 0 Å². The molecule has 1 aromatic rings. The fourth-order valence-corrected chi connectivity index (χ4v) is 3.29. The molecule has 0 aliphatic heterocycles. The quantitative estimate of drug-likeness (QED) is 0.879. The summed E-state index contributed by atoms with van der Waals surface area (Å²) in [7, 11) is 0. The van der Waals surface area contributed by atoms with Crippen LogP contribution in [0.2, 0.25) is 0 Å². The second-order valence-corrected chi connectivity index (χ2v) is 6.92. The number of hydrogen-bond acceptors (Lipinski definition) is 2. The standard InChI is InChI=1S/C16H29N3/c1-12(2)8-17-9-15-10-18-19(11-15)16-6-13(3)5-14(4)7-16/h10-14,16-17H,5-9H2,1-4H3. The first kappa shape index (κ1) is 14.6. The van der Waals surface area contributed by atoms with Crippen molar-refractivity contribution >= 4 is 0 Å². The molecule has 1 fully saturated rings. The molecule has 2 rings (SSSR count). The van der Waals surface area contributed by atoms with Gasteiger partial charge >= 0.3 is 0 Å². The predicted molar refractivity (Wildman–Crippen MR) is 80.0 cm³/mol. The minimum Gasteiger partial charge on any atom is -0.312 e. The molecule has 2 unspecified atom stereocenters. The Morgan fingerprint density at radius 1 is 1.26 bits per heavy atom. The first-order chi connectivity index (χ1) is 9.04. The van der Waals surface area contributed by atoms with E-state index in [0.29, 0.717) is 12.0 Å². The lowest BCUT2D eigenvalue weighted by atomic mass is 9.80. The number of nitrogens with zero attached hydrogens (tertiary/aromatic N) is 2. The summed E-state index contributed by atoms with van der Waals surface area (Å²) in [5, 5.41) is 8.06. The molecule has 1 aromatic heterocycles. The molecule has 0 radical (unpaired) electrons. The van der Waals surface area contributed by atoms with Crippen LogP contribution in [0.25, 0.3) is 0 Å². The lowest BCUT2D eigenvalue weighted by Gasteiger charge is -2.31. The molecule has 0 saturated heterocycles. The van der Waals surface area contributed by atoms with Gasteiger partial charge in [0.25, 0.3) is 0 Å². The van der Waals surface area contributed by atoms with Gasteiger partial charge in [0.2, 0.25) is 0 Å². The average molecular weight is 263 g/mol. The maximum atomic E-state index is 4.58. The number of rotatable bonds is 5. The Hall–Kier alpha value is -0.830. The highest BCUT2D eigenvalue weighted by atomic mass is 15.3. The van der Waals surface area contributed by atoms with E-state index < -0.39 is 0 Å². The van der Waals surface area contributed by atoms with Gasteiger partial charge in [-0.15, -0.1) is 0 Å². The molecule has 1 aliphatic rings. The third-order valence-electron chi connectivity index (χ3n) is 4.06. The monoisotopic (exact) mass is 263 g/mol.